The molecule has 0 aliphatic heterocycles. The van der Waals surface area contributed by atoms with E-state index in [1.54, 1.807) is 17.7 Å². The summed E-state index contributed by atoms with van der Waals surface area (Å²) in [5, 5.41) is 9.74. The minimum Gasteiger partial charge on any atom is -0.373 e. The van der Waals surface area contributed by atoms with Crippen LogP contribution in [0, 0.1) is 0 Å². The summed E-state index contributed by atoms with van der Waals surface area (Å²) in [7, 11) is 1.89. The lowest BCUT2D eigenvalue weighted by atomic mass is 10.0. The van der Waals surface area contributed by atoms with Gasteiger partial charge in [-0.2, -0.15) is 0 Å². The molecule has 0 saturated carbocycles. The molecule has 5 nitrogen and oxygen atoms in total. The number of rotatable bonds is 6. The van der Waals surface area contributed by atoms with Crippen LogP contribution < -0.4 is 10.6 Å². The maximum atomic E-state index is 4.42. The highest BCUT2D eigenvalue weighted by molar-refractivity contribution is 7.09. The van der Waals surface area contributed by atoms with E-state index >= 15 is 0 Å². The second kappa shape index (κ2) is 6.65. The largest absolute Gasteiger partial charge is 0.373 e. The molecule has 2 aromatic heterocycles. The molecule has 0 radical (unpaired) electrons. The first-order valence-corrected chi connectivity index (χ1v) is 7.73. The minimum absolute atomic E-state index is 0.187. The lowest BCUT2D eigenvalue weighted by molar-refractivity contribution is 0.729. The van der Waals surface area contributed by atoms with E-state index in [0.29, 0.717) is 5.92 Å². The molecule has 2 heterocycles. The van der Waals surface area contributed by atoms with Crippen LogP contribution in [0.5, 0.6) is 0 Å². The van der Waals surface area contributed by atoms with E-state index in [1.807, 2.05) is 18.6 Å². The zero-order valence-electron chi connectivity index (χ0n) is 12.3. The third-order valence-electron chi connectivity index (χ3n) is 3.17. The maximum absolute atomic E-state index is 4.42. The molecule has 2 N–H and O–H groups in total. The van der Waals surface area contributed by atoms with Crippen LogP contribution in [0.15, 0.2) is 17.9 Å². The molecule has 0 aromatic carbocycles. The van der Waals surface area contributed by atoms with E-state index in [1.165, 1.54) is 0 Å². The summed E-state index contributed by atoms with van der Waals surface area (Å²) in [6.45, 7) is 6.44. The number of anilines is 2. The first-order valence-electron chi connectivity index (χ1n) is 6.85. The first-order chi connectivity index (χ1) is 9.67. The molecule has 6 heteroatoms. The van der Waals surface area contributed by atoms with Crippen LogP contribution in [0.2, 0.25) is 0 Å². The van der Waals surface area contributed by atoms with Crippen molar-refractivity contribution >= 4 is 23.0 Å². The Kier molecular flexibility index (Phi) is 4.89. The van der Waals surface area contributed by atoms with E-state index in [0.717, 1.165) is 28.6 Å². The Labute approximate surface area is 123 Å². The van der Waals surface area contributed by atoms with Gasteiger partial charge in [-0.25, -0.2) is 15.0 Å². The van der Waals surface area contributed by atoms with Crippen LogP contribution >= 0.6 is 11.3 Å². The molecule has 0 amide bonds. The van der Waals surface area contributed by atoms with Crippen molar-refractivity contribution in [1.29, 1.82) is 0 Å². The molecule has 108 valence electrons. The van der Waals surface area contributed by atoms with Gasteiger partial charge in [0.1, 0.15) is 23.0 Å². The van der Waals surface area contributed by atoms with Gasteiger partial charge in [0.2, 0.25) is 0 Å². The van der Waals surface area contributed by atoms with Crippen molar-refractivity contribution in [3.63, 3.8) is 0 Å². The summed E-state index contributed by atoms with van der Waals surface area (Å²) in [4.78, 5) is 13.1. The van der Waals surface area contributed by atoms with Gasteiger partial charge in [-0.15, -0.1) is 11.3 Å². The Hall–Kier alpha value is -1.69. The highest BCUT2D eigenvalue weighted by Gasteiger charge is 2.18. The Morgan fingerprint density at radius 1 is 1.20 bits per heavy atom. The van der Waals surface area contributed by atoms with Crippen molar-refractivity contribution in [2.24, 2.45) is 0 Å². The zero-order valence-corrected chi connectivity index (χ0v) is 13.2. The summed E-state index contributed by atoms with van der Waals surface area (Å²) < 4.78 is 0. The van der Waals surface area contributed by atoms with Crippen LogP contribution in [0.3, 0.4) is 0 Å². The zero-order chi connectivity index (χ0) is 14.5. The first kappa shape index (κ1) is 14.7. The summed E-state index contributed by atoms with van der Waals surface area (Å²) >= 11 is 1.67. The Balaban J connectivity index is 2.33. The summed E-state index contributed by atoms with van der Waals surface area (Å²) in [6.07, 6.45) is 4.39. The van der Waals surface area contributed by atoms with Gasteiger partial charge in [0.05, 0.1) is 6.04 Å². The maximum Gasteiger partial charge on any atom is 0.135 e. The lowest BCUT2D eigenvalue weighted by Gasteiger charge is -2.20. The average Bonchev–Trinajstić information content (AvgIpc) is 2.97. The Morgan fingerprint density at radius 3 is 2.50 bits per heavy atom. The number of aromatic nitrogens is 3. The quantitative estimate of drug-likeness (QED) is 0.850. The Morgan fingerprint density at radius 2 is 1.95 bits per heavy atom. The van der Waals surface area contributed by atoms with Crippen molar-refractivity contribution < 1.29 is 0 Å². The highest BCUT2D eigenvalue weighted by Crippen LogP contribution is 2.31. The molecular formula is C14H21N5S. The fourth-order valence-corrected chi connectivity index (χ4v) is 2.94. The van der Waals surface area contributed by atoms with Gasteiger partial charge < -0.3 is 10.6 Å². The number of hydrogen-bond donors (Lipinski definition) is 2. The fourth-order valence-electron chi connectivity index (χ4n) is 2.17. The molecule has 0 aliphatic carbocycles. The van der Waals surface area contributed by atoms with Gasteiger partial charge in [0, 0.05) is 24.2 Å². The van der Waals surface area contributed by atoms with Crippen molar-refractivity contribution in [2.45, 2.75) is 39.2 Å². The van der Waals surface area contributed by atoms with Gasteiger partial charge in [0.25, 0.3) is 0 Å². The molecular weight excluding hydrogens is 270 g/mol. The molecule has 0 aliphatic rings. The monoisotopic (exact) mass is 291 g/mol. The van der Waals surface area contributed by atoms with Crippen LogP contribution in [0.25, 0.3) is 0 Å². The van der Waals surface area contributed by atoms with Crippen molar-refractivity contribution in [2.75, 3.05) is 17.7 Å². The molecule has 20 heavy (non-hydrogen) atoms. The van der Waals surface area contributed by atoms with E-state index in [4.69, 9.17) is 0 Å². The molecule has 2 rings (SSSR count). The van der Waals surface area contributed by atoms with Crippen molar-refractivity contribution in [1.82, 2.24) is 15.0 Å². The van der Waals surface area contributed by atoms with Gasteiger partial charge in [0.15, 0.2) is 0 Å². The van der Waals surface area contributed by atoms with E-state index in [-0.39, 0.29) is 6.04 Å². The average molecular weight is 291 g/mol. The highest BCUT2D eigenvalue weighted by atomic mass is 32.1. The van der Waals surface area contributed by atoms with E-state index in [9.17, 15) is 0 Å². The topological polar surface area (TPSA) is 62.7 Å². The molecule has 1 unspecified atom stereocenters. The summed E-state index contributed by atoms with van der Waals surface area (Å²) in [5.74, 6) is 2.11. The van der Waals surface area contributed by atoms with E-state index in [2.05, 4.69) is 46.4 Å². The molecule has 0 saturated heterocycles. The third-order valence-corrected chi connectivity index (χ3v) is 4.06. The standard InChI is InChI=1S/C14H21N5S/c1-5-10(14-16-6-7-20-14)19-13-11(9(2)3)12(15-4)17-8-18-13/h6-10H,5H2,1-4H3,(H2,15,17,18,19). The normalized spacial score (nSPS) is 12.4. The van der Waals surface area contributed by atoms with Gasteiger partial charge >= 0.3 is 0 Å². The van der Waals surface area contributed by atoms with Gasteiger partial charge in [-0.1, -0.05) is 20.8 Å². The van der Waals surface area contributed by atoms with E-state index < -0.39 is 0 Å². The second-order valence-electron chi connectivity index (χ2n) is 4.86. The molecule has 0 fully saturated rings. The third kappa shape index (κ3) is 3.07. The van der Waals surface area contributed by atoms with Gasteiger partial charge in [-0.3, -0.25) is 0 Å². The predicted molar refractivity (Wildman–Crippen MR) is 84.4 cm³/mol. The van der Waals surface area contributed by atoms with Crippen LogP contribution in [-0.4, -0.2) is 22.0 Å². The van der Waals surface area contributed by atoms with Crippen molar-refractivity contribution in [3.05, 3.63) is 28.5 Å². The predicted octanol–water partition coefficient (Wildman–Crippen LogP) is 3.66. The minimum atomic E-state index is 0.187. The Bertz CT molecular complexity index is 539. The SMILES string of the molecule is CCC(Nc1ncnc(NC)c1C(C)C)c1nccs1. The van der Waals surface area contributed by atoms with Crippen molar-refractivity contribution in [3.8, 4) is 0 Å². The summed E-state index contributed by atoms with van der Waals surface area (Å²) in [6, 6.07) is 0.187. The number of nitrogens with one attached hydrogen (secondary N) is 2. The smallest absolute Gasteiger partial charge is 0.135 e. The fraction of sp³-hybridized carbons (Fsp3) is 0.500. The molecule has 2 aromatic rings. The molecule has 0 bridgehead atoms. The number of thiazole rings is 1. The van der Waals surface area contributed by atoms with Crippen LogP contribution in [-0.2, 0) is 0 Å². The summed E-state index contributed by atoms with van der Waals surface area (Å²) in [5.41, 5.74) is 1.12. The van der Waals surface area contributed by atoms with Gasteiger partial charge in [-0.05, 0) is 12.3 Å². The number of nitrogens with zero attached hydrogens (tertiary/aromatic N) is 3. The molecule has 0 spiro atoms. The molecule has 1 atom stereocenters. The second-order valence-corrected chi connectivity index (χ2v) is 5.79. The van der Waals surface area contributed by atoms with Crippen LogP contribution in [0.1, 0.15) is 49.7 Å². The number of hydrogen-bond acceptors (Lipinski definition) is 6. The van der Waals surface area contributed by atoms with Crippen LogP contribution in [0.4, 0.5) is 11.6 Å². The lowest BCUT2D eigenvalue weighted by Crippen LogP contribution is -2.14.